The van der Waals surface area contributed by atoms with Gasteiger partial charge in [-0.05, 0) is 44.5 Å². The molecule has 0 aliphatic carbocycles. The fourth-order valence-corrected chi connectivity index (χ4v) is 2.24. The minimum Gasteiger partial charge on any atom is -0.463 e. The molecule has 0 radical (unpaired) electrons. The number of carbonyl (C=O) groups is 2. The third-order valence-electron chi connectivity index (χ3n) is 2.79. The summed E-state index contributed by atoms with van der Waals surface area (Å²) in [5.74, 6) is -0.756. The lowest BCUT2D eigenvalue weighted by atomic mass is 9.95. The molecule has 1 rings (SSSR count). The molecule has 0 saturated carbocycles. The van der Waals surface area contributed by atoms with E-state index in [2.05, 4.69) is 5.32 Å². The van der Waals surface area contributed by atoms with Crippen LogP contribution >= 0.6 is 11.6 Å². The molecule has 0 bridgehead atoms. The van der Waals surface area contributed by atoms with E-state index in [0.717, 1.165) is 0 Å². The number of amides is 1. The largest absolute Gasteiger partial charge is 0.463 e. The molecule has 0 heterocycles. The first-order valence-electron chi connectivity index (χ1n) is 6.84. The highest BCUT2D eigenvalue weighted by molar-refractivity contribution is 6.32. The number of hydrogen-bond donors (Lipinski definition) is 2. The molecule has 6 heteroatoms. The van der Waals surface area contributed by atoms with Crippen LogP contribution in [0.1, 0.15) is 38.8 Å². The van der Waals surface area contributed by atoms with Crippen molar-refractivity contribution in [1.82, 2.24) is 0 Å². The number of halogens is 1. The molecular formula is C16H20ClNO4. The molecule has 120 valence electrons. The molecule has 1 amide bonds. The number of rotatable bonds is 5. The van der Waals surface area contributed by atoms with Crippen LogP contribution in [0.15, 0.2) is 18.2 Å². The number of carbonyl (C=O) groups excluding carboxylic acids is 2. The van der Waals surface area contributed by atoms with Gasteiger partial charge in [0.05, 0.1) is 12.2 Å². The maximum absolute atomic E-state index is 11.4. The predicted octanol–water partition coefficient (Wildman–Crippen LogP) is 3.10. The summed E-state index contributed by atoms with van der Waals surface area (Å²) in [6, 6.07) is 3.17. The second kappa shape index (κ2) is 7.42. The van der Waals surface area contributed by atoms with E-state index in [-0.39, 0.29) is 12.5 Å². The average Bonchev–Trinajstić information content (AvgIpc) is 2.35. The zero-order valence-electron chi connectivity index (χ0n) is 13.1. The molecule has 0 fully saturated rings. The van der Waals surface area contributed by atoms with E-state index >= 15 is 0 Å². The Balaban J connectivity index is 3.30. The standard InChI is InChI=1S/C16H20ClNO4/c1-5-22-15(20)7-6-11-8-12(16(3,4)21)13(17)9-14(11)18-10(2)19/h6-9,21H,5H2,1-4H3,(H,18,19)/b7-6+. The molecule has 0 aromatic heterocycles. The molecule has 0 aliphatic rings. The van der Waals surface area contributed by atoms with Gasteiger partial charge in [-0.3, -0.25) is 4.79 Å². The van der Waals surface area contributed by atoms with Gasteiger partial charge in [-0.1, -0.05) is 11.6 Å². The van der Waals surface area contributed by atoms with Gasteiger partial charge in [0.25, 0.3) is 0 Å². The summed E-state index contributed by atoms with van der Waals surface area (Å²) in [4.78, 5) is 22.7. The monoisotopic (exact) mass is 325 g/mol. The Morgan fingerprint density at radius 3 is 2.55 bits per heavy atom. The molecular weight excluding hydrogens is 306 g/mol. The number of ether oxygens (including phenoxy) is 1. The van der Waals surface area contributed by atoms with Crippen LogP contribution in [0.2, 0.25) is 5.02 Å². The maximum Gasteiger partial charge on any atom is 0.330 e. The van der Waals surface area contributed by atoms with Crippen LogP contribution in [0.5, 0.6) is 0 Å². The molecule has 2 N–H and O–H groups in total. The molecule has 5 nitrogen and oxygen atoms in total. The minimum atomic E-state index is -1.15. The number of esters is 1. The molecule has 1 aromatic carbocycles. The van der Waals surface area contributed by atoms with Gasteiger partial charge < -0.3 is 15.2 Å². The lowest BCUT2D eigenvalue weighted by Gasteiger charge is -2.21. The Morgan fingerprint density at radius 1 is 1.41 bits per heavy atom. The number of benzene rings is 1. The second-order valence-electron chi connectivity index (χ2n) is 5.24. The van der Waals surface area contributed by atoms with Crippen molar-refractivity contribution in [3.63, 3.8) is 0 Å². The summed E-state index contributed by atoms with van der Waals surface area (Å²) in [7, 11) is 0. The molecule has 0 saturated heterocycles. The average molecular weight is 326 g/mol. The van der Waals surface area contributed by atoms with Crippen molar-refractivity contribution >= 4 is 35.2 Å². The Morgan fingerprint density at radius 2 is 2.05 bits per heavy atom. The summed E-state index contributed by atoms with van der Waals surface area (Å²) in [5, 5.41) is 13.1. The van der Waals surface area contributed by atoms with E-state index in [1.165, 1.54) is 19.1 Å². The molecule has 1 aromatic rings. The summed E-state index contributed by atoms with van der Waals surface area (Å²) in [5.41, 5.74) is 0.334. The van der Waals surface area contributed by atoms with Crippen molar-refractivity contribution in [2.24, 2.45) is 0 Å². The molecule has 22 heavy (non-hydrogen) atoms. The van der Waals surface area contributed by atoms with Gasteiger partial charge in [0.15, 0.2) is 0 Å². The lowest BCUT2D eigenvalue weighted by molar-refractivity contribution is -0.137. The maximum atomic E-state index is 11.4. The summed E-state index contributed by atoms with van der Waals surface area (Å²) < 4.78 is 4.82. The van der Waals surface area contributed by atoms with Crippen molar-refractivity contribution in [2.75, 3.05) is 11.9 Å². The Hall–Kier alpha value is -1.85. The number of hydrogen-bond acceptors (Lipinski definition) is 4. The Labute approximate surface area is 134 Å². The normalized spacial score (nSPS) is 11.5. The van der Waals surface area contributed by atoms with Crippen molar-refractivity contribution in [2.45, 2.75) is 33.3 Å². The third kappa shape index (κ3) is 5.16. The SMILES string of the molecule is CCOC(=O)/C=C/c1cc(C(C)(C)O)c(Cl)cc1NC(C)=O. The lowest BCUT2D eigenvalue weighted by Crippen LogP contribution is -2.17. The quantitative estimate of drug-likeness (QED) is 0.644. The Bertz CT molecular complexity index is 603. The smallest absolute Gasteiger partial charge is 0.330 e. The fraction of sp³-hybridized carbons (Fsp3) is 0.375. The van der Waals surface area contributed by atoms with Gasteiger partial charge in [0.1, 0.15) is 0 Å². The predicted molar refractivity (Wildman–Crippen MR) is 86.7 cm³/mol. The summed E-state index contributed by atoms with van der Waals surface area (Å²) in [6.45, 7) is 6.56. The fourth-order valence-electron chi connectivity index (χ4n) is 1.84. The zero-order chi connectivity index (χ0) is 16.9. The van der Waals surface area contributed by atoms with E-state index in [1.807, 2.05) is 0 Å². The van der Waals surface area contributed by atoms with Gasteiger partial charge in [-0.2, -0.15) is 0 Å². The minimum absolute atomic E-state index is 0.266. The molecule has 0 atom stereocenters. The highest BCUT2D eigenvalue weighted by Gasteiger charge is 2.21. The van der Waals surface area contributed by atoms with E-state index in [4.69, 9.17) is 16.3 Å². The van der Waals surface area contributed by atoms with Crippen LogP contribution in [0.3, 0.4) is 0 Å². The van der Waals surface area contributed by atoms with Crippen molar-refractivity contribution < 1.29 is 19.4 Å². The van der Waals surface area contributed by atoms with E-state index in [9.17, 15) is 14.7 Å². The van der Waals surface area contributed by atoms with Crippen LogP contribution < -0.4 is 5.32 Å². The van der Waals surface area contributed by atoms with Crippen LogP contribution in [-0.2, 0) is 19.9 Å². The van der Waals surface area contributed by atoms with Crippen LogP contribution in [-0.4, -0.2) is 23.6 Å². The van der Waals surface area contributed by atoms with Crippen molar-refractivity contribution in [3.8, 4) is 0 Å². The zero-order valence-corrected chi connectivity index (χ0v) is 13.8. The first-order chi connectivity index (χ1) is 10.1. The van der Waals surface area contributed by atoms with Gasteiger partial charge in [0, 0.05) is 29.3 Å². The van der Waals surface area contributed by atoms with Gasteiger partial charge >= 0.3 is 5.97 Å². The topological polar surface area (TPSA) is 75.6 Å². The van der Waals surface area contributed by atoms with E-state index < -0.39 is 11.6 Å². The van der Waals surface area contributed by atoms with Crippen molar-refractivity contribution in [1.29, 1.82) is 0 Å². The second-order valence-corrected chi connectivity index (χ2v) is 5.65. The molecule has 0 spiro atoms. The van der Waals surface area contributed by atoms with Crippen molar-refractivity contribution in [3.05, 3.63) is 34.4 Å². The highest BCUT2D eigenvalue weighted by Crippen LogP contribution is 2.33. The first kappa shape index (κ1) is 18.2. The van der Waals surface area contributed by atoms with Gasteiger partial charge in [-0.25, -0.2) is 4.79 Å². The number of anilines is 1. The van der Waals surface area contributed by atoms with Crippen LogP contribution in [0.4, 0.5) is 5.69 Å². The van der Waals surface area contributed by atoms with Crippen LogP contribution in [0, 0.1) is 0 Å². The molecule has 0 unspecified atom stereocenters. The first-order valence-corrected chi connectivity index (χ1v) is 7.21. The highest BCUT2D eigenvalue weighted by atomic mass is 35.5. The molecule has 0 aliphatic heterocycles. The summed E-state index contributed by atoms with van der Waals surface area (Å²) >= 11 is 6.15. The number of aliphatic hydroxyl groups is 1. The summed E-state index contributed by atoms with van der Waals surface area (Å²) in [6.07, 6.45) is 2.76. The van der Waals surface area contributed by atoms with E-state index in [1.54, 1.807) is 32.9 Å². The van der Waals surface area contributed by atoms with Crippen LogP contribution in [0.25, 0.3) is 6.08 Å². The van der Waals surface area contributed by atoms with Gasteiger partial charge in [0.2, 0.25) is 5.91 Å². The Kier molecular flexibility index (Phi) is 6.14. The van der Waals surface area contributed by atoms with Gasteiger partial charge in [-0.15, -0.1) is 0 Å². The third-order valence-corrected chi connectivity index (χ3v) is 3.11. The van der Waals surface area contributed by atoms with E-state index in [0.29, 0.717) is 21.8 Å². The number of nitrogens with one attached hydrogen (secondary N) is 1.